The van der Waals surface area contributed by atoms with Crippen molar-refractivity contribution in [3.63, 3.8) is 0 Å². The Morgan fingerprint density at radius 2 is 1.80 bits per heavy atom. The van der Waals surface area contributed by atoms with Crippen LogP contribution < -0.4 is 0 Å². The minimum Gasteiger partial charge on any atom is -0.351 e. The van der Waals surface area contributed by atoms with Gasteiger partial charge in [-0.15, -0.1) is 0 Å². The first-order valence-corrected chi connectivity index (χ1v) is 7.76. The highest BCUT2D eigenvalue weighted by Gasteiger charge is 2.47. The van der Waals surface area contributed by atoms with Crippen LogP contribution >= 0.6 is 0 Å². The first kappa shape index (κ1) is 13.6. The van der Waals surface area contributed by atoms with E-state index in [2.05, 4.69) is 6.92 Å². The van der Waals surface area contributed by atoms with E-state index in [1.54, 1.807) is 0 Å². The Morgan fingerprint density at radius 3 is 2.45 bits per heavy atom. The summed E-state index contributed by atoms with van der Waals surface area (Å²) in [6, 6.07) is 9.59. The molecule has 2 fully saturated rings. The summed E-state index contributed by atoms with van der Waals surface area (Å²) < 4.78 is 6.23. The lowest BCUT2D eigenvalue weighted by atomic mass is 10.0. The topological polar surface area (TPSA) is 29.5 Å². The summed E-state index contributed by atoms with van der Waals surface area (Å²) in [5.41, 5.74) is 0.428. The molecule has 1 aliphatic carbocycles. The molecule has 0 bridgehead atoms. The Balaban J connectivity index is 1.88. The lowest BCUT2D eigenvalue weighted by molar-refractivity contribution is -0.0974. The third kappa shape index (κ3) is 2.47. The Labute approximate surface area is 120 Å². The number of ether oxygens (including phenoxy) is 1. The molecule has 1 saturated carbocycles. The Morgan fingerprint density at radius 1 is 1.15 bits per heavy atom. The zero-order valence-corrected chi connectivity index (χ0v) is 12.2. The summed E-state index contributed by atoms with van der Waals surface area (Å²) in [7, 11) is 0. The molecule has 0 N–H and O–H groups in total. The van der Waals surface area contributed by atoms with Crippen LogP contribution in [0, 0.1) is 0 Å². The van der Waals surface area contributed by atoms with Crippen LogP contribution in [0.25, 0.3) is 0 Å². The van der Waals surface area contributed by atoms with Crippen LogP contribution in [-0.2, 0) is 4.74 Å². The molecule has 3 nitrogen and oxygen atoms in total. The molecule has 1 spiro atoms. The van der Waals surface area contributed by atoms with Crippen molar-refractivity contribution >= 4 is 5.91 Å². The summed E-state index contributed by atoms with van der Waals surface area (Å²) in [6.45, 7) is 2.79. The van der Waals surface area contributed by atoms with Crippen LogP contribution in [0.1, 0.15) is 55.8 Å². The first-order chi connectivity index (χ1) is 9.71. The van der Waals surface area contributed by atoms with Gasteiger partial charge in [0.25, 0.3) is 5.91 Å². The van der Waals surface area contributed by atoms with Gasteiger partial charge in [-0.1, -0.05) is 31.0 Å². The van der Waals surface area contributed by atoms with Crippen molar-refractivity contribution in [1.82, 2.24) is 4.90 Å². The first-order valence-electron chi connectivity index (χ1n) is 7.76. The van der Waals surface area contributed by atoms with Crippen LogP contribution in [0.3, 0.4) is 0 Å². The monoisotopic (exact) mass is 273 g/mol. The number of amides is 1. The van der Waals surface area contributed by atoms with Crippen molar-refractivity contribution in [3.8, 4) is 0 Å². The normalized spacial score (nSPS) is 25.6. The maximum absolute atomic E-state index is 12.8. The quantitative estimate of drug-likeness (QED) is 0.782. The molecule has 3 rings (SSSR count). The van der Waals surface area contributed by atoms with Gasteiger partial charge in [0, 0.05) is 12.1 Å². The summed E-state index contributed by atoms with van der Waals surface area (Å²) in [5, 5.41) is 0. The van der Waals surface area contributed by atoms with Gasteiger partial charge in [-0.3, -0.25) is 4.79 Å². The van der Waals surface area contributed by atoms with E-state index in [9.17, 15) is 4.79 Å². The smallest absolute Gasteiger partial charge is 0.256 e. The van der Waals surface area contributed by atoms with E-state index in [1.165, 1.54) is 12.8 Å². The molecule has 108 valence electrons. The van der Waals surface area contributed by atoms with Gasteiger partial charge < -0.3 is 9.64 Å². The second-order valence-electron chi connectivity index (χ2n) is 6.07. The van der Waals surface area contributed by atoms with Crippen LogP contribution in [-0.4, -0.2) is 29.2 Å². The van der Waals surface area contributed by atoms with Crippen LogP contribution in [0.15, 0.2) is 30.3 Å². The van der Waals surface area contributed by atoms with Crippen LogP contribution in [0.2, 0.25) is 0 Å². The number of carbonyl (C=O) groups excluding carboxylic acids is 1. The molecule has 1 heterocycles. The number of rotatable bonds is 1. The van der Waals surface area contributed by atoms with Gasteiger partial charge in [0.15, 0.2) is 0 Å². The number of nitrogens with zero attached hydrogens (tertiary/aromatic N) is 1. The number of carbonyl (C=O) groups is 1. The molecule has 1 aromatic carbocycles. The fourth-order valence-corrected chi connectivity index (χ4v) is 3.57. The van der Waals surface area contributed by atoms with Crippen LogP contribution in [0.4, 0.5) is 0 Å². The van der Waals surface area contributed by atoms with Gasteiger partial charge in [0.05, 0.1) is 6.10 Å². The summed E-state index contributed by atoms with van der Waals surface area (Å²) in [6.07, 6.45) is 6.93. The summed E-state index contributed by atoms with van der Waals surface area (Å²) in [4.78, 5) is 14.8. The maximum atomic E-state index is 12.8. The largest absolute Gasteiger partial charge is 0.351 e. The predicted octanol–water partition coefficient (Wildman–Crippen LogP) is 3.60. The van der Waals surface area contributed by atoms with E-state index in [1.807, 2.05) is 35.2 Å². The minimum absolute atomic E-state index is 0.122. The van der Waals surface area contributed by atoms with E-state index >= 15 is 0 Å². The molecule has 0 aromatic heterocycles. The molecule has 3 heteroatoms. The highest BCUT2D eigenvalue weighted by molar-refractivity contribution is 5.94. The van der Waals surface area contributed by atoms with E-state index in [4.69, 9.17) is 4.74 Å². The van der Waals surface area contributed by atoms with E-state index < -0.39 is 0 Å². The standard InChI is InChI=1S/C17H23NO2/c1-14-13-18(16(19)15-9-5-4-6-10-15)17(20-14)11-7-2-3-8-12-17/h4-6,9-10,14H,2-3,7-8,11-13H2,1H3/t14-/m0/s1. The van der Waals surface area contributed by atoms with Crippen molar-refractivity contribution in [2.24, 2.45) is 0 Å². The zero-order chi connectivity index (χ0) is 14.0. The van der Waals surface area contributed by atoms with Gasteiger partial charge in [-0.2, -0.15) is 0 Å². The minimum atomic E-state index is -0.344. The SMILES string of the molecule is C[C@H]1CN(C(=O)c2ccccc2)C2(CCCCCC2)O1. The predicted molar refractivity (Wildman–Crippen MR) is 78.5 cm³/mol. The average molecular weight is 273 g/mol. The molecule has 1 amide bonds. The van der Waals surface area contributed by atoms with Crippen LogP contribution in [0.5, 0.6) is 0 Å². The second kappa shape index (κ2) is 5.57. The third-order valence-electron chi connectivity index (χ3n) is 4.50. The molecule has 1 aliphatic heterocycles. The molecule has 0 radical (unpaired) electrons. The Kier molecular flexibility index (Phi) is 3.79. The Hall–Kier alpha value is -1.35. The van der Waals surface area contributed by atoms with Crippen molar-refractivity contribution < 1.29 is 9.53 Å². The third-order valence-corrected chi connectivity index (χ3v) is 4.50. The fourth-order valence-electron chi connectivity index (χ4n) is 3.57. The van der Waals surface area contributed by atoms with Gasteiger partial charge in [0.2, 0.25) is 0 Å². The Bertz CT molecular complexity index is 463. The molecule has 1 saturated heterocycles. The van der Waals surface area contributed by atoms with Crippen molar-refractivity contribution in [2.75, 3.05) is 6.54 Å². The molecule has 20 heavy (non-hydrogen) atoms. The van der Waals surface area contributed by atoms with Gasteiger partial charge in [-0.05, 0) is 44.7 Å². The van der Waals surface area contributed by atoms with Gasteiger partial charge in [-0.25, -0.2) is 0 Å². The highest BCUT2D eigenvalue weighted by Crippen LogP contribution is 2.39. The second-order valence-corrected chi connectivity index (χ2v) is 6.07. The highest BCUT2D eigenvalue weighted by atomic mass is 16.5. The van der Waals surface area contributed by atoms with Gasteiger partial charge >= 0.3 is 0 Å². The molecule has 1 aromatic rings. The molecular weight excluding hydrogens is 250 g/mol. The maximum Gasteiger partial charge on any atom is 0.256 e. The summed E-state index contributed by atoms with van der Waals surface area (Å²) >= 11 is 0. The average Bonchev–Trinajstić information content (AvgIpc) is 2.63. The molecule has 1 atom stereocenters. The van der Waals surface area contributed by atoms with Gasteiger partial charge in [0.1, 0.15) is 5.72 Å². The van der Waals surface area contributed by atoms with E-state index in [-0.39, 0.29) is 17.7 Å². The van der Waals surface area contributed by atoms with Crippen molar-refractivity contribution in [1.29, 1.82) is 0 Å². The molecular formula is C17H23NO2. The van der Waals surface area contributed by atoms with E-state index in [0.717, 1.165) is 31.2 Å². The van der Waals surface area contributed by atoms with E-state index in [0.29, 0.717) is 6.54 Å². The zero-order valence-electron chi connectivity index (χ0n) is 12.2. The number of hydrogen-bond acceptors (Lipinski definition) is 2. The fraction of sp³-hybridized carbons (Fsp3) is 0.588. The van der Waals surface area contributed by atoms with Crippen molar-refractivity contribution in [2.45, 2.75) is 57.3 Å². The summed E-state index contributed by atoms with van der Waals surface area (Å²) in [5.74, 6) is 0.122. The molecule has 2 aliphatic rings. The number of benzene rings is 1. The molecule has 0 unspecified atom stereocenters. The van der Waals surface area contributed by atoms with Crippen molar-refractivity contribution in [3.05, 3.63) is 35.9 Å². The number of hydrogen-bond donors (Lipinski definition) is 0. The lowest BCUT2D eigenvalue weighted by Crippen LogP contribution is -2.48. The lowest BCUT2D eigenvalue weighted by Gasteiger charge is -2.36.